The van der Waals surface area contributed by atoms with Gasteiger partial charge in [-0.3, -0.25) is 0 Å². The van der Waals surface area contributed by atoms with Gasteiger partial charge in [-0.15, -0.1) is 24.8 Å². The van der Waals surface area contributed by atoms with E-state index in [1.54, 1.807) is 6.33 Å². The first-order valence-corrected chi connectivity index (χ1v) is 4.44. The Morgan fingerprint density at radius 2 is 2.14 bits per heavy atom. The Morgan fingerprint density at radius 1 is 1.29 bits per heavy atom. The Balaban J connectivity index is 0.000000490. The summed E-state index contributed by atoms with van der Waals surface area (Å²) in [4.78, 5) is 8.40. The number of hydrogen-bond acceptors (Lipinski definition) is 3. The van der Waals surface area contributed by atoms with Gasteiger partial charge in [0.25, 0.3) is 0 Å². The SMILES string of the molecule is Cl.Cl.c1ncc2c(n1)[C@H]1CNC[C@H]1C2. The van der Waals surface area contributed by atoms with Crippen LogP contribution in [0.3, 0.4) is 0 Å². The molecule has 1 fully saturated rings. The molecule has 2 aliphatic rings. The van der Waals surface area contributed by atoms with E-state index in [1.165, 1.54) is 17.7 Å². The van der Waals surface area contributed by atoms with E-state index in [1.807, 2.05) is 6.20 Å². The average molecular weight is 234 g/mol. The highest BCUT2D eigenvalue weighted by Crippen LogP contribution is 2.37. The molecular formula is C9H13Cl2N3. The normalized spacial score (nSPS) is 27.1. The Hall–Kier alpha value is -0.380. The second-order valence-corrected chi connectivity index (χ2v) is 3.66. The molecule has 0 saturated carbocycles. The topological polar surface area (TPSA) is 37.8 Å². The van der Waals surface area contributed by atoms with Crippen LogP contribution in [-0.4, -0.2) is 23.1 Å². The summed E-state index contributed by atoms with van der Waals surface area (Å²) in [6.07, 6.45) is 4.81. The summed E-state index contributed by atoms with van der Waals surface area (Å²) >= 11 is 0. The van der Waals surface area contributed by atoms with Crippen LogP contribution in [0.15, 0.2) is 12.5 Å². The molecule has 1 saturated heterocycles. The van der Waals surface area contributed by atoms with Gasteiger partial charge in [0.05, 0.1) is 5.69 Å². The predicted molar refractivity (Wildman–Crippen MR) is 59.3 cm³/mol. The van der Waals surface area contributed by atoms with E-state index in [-0.39, 0.29) is 24.8 Å². The summed E-state index contributed by atoms with van der Waals surface area (Å²) in [7, 11) is 0. The number of fused-ring (bicyclic) bond motifs is 3. The average Bonchev–Trinajstić information content (AvgIpc) is 2.62. The summed E-state index contributed by atoms with van der Waals surface area (Å²) in [5.74, 6) is 1.46. The molecule has 2 atom stereocenters. The molecule has 5 heteroatoms. The highest BCUT2D eigenvalue weighted by atomic mass is 35.5. The maximum Gasteiger partial charge on any atom is 0.115 e. The van der Waals surface area contributed by atoms with Crippen molar-refractivity contribution in [1.82, 2.24) is 15.3 Å². The van der Waals surface area contributed by atoms with Gasteiger partial charge in [-0.2, -0.15) is 0 Å². The van der Waals surface area contributed by atoms with Gasteiger partial charge in [0.1, 0.15) is 6.33 Å². The van der Waals surface area contributed by atoms with E-state index in [0.29, 0.717) is 5.92 Å². The molecule has 0 unspecified atom stereocenters. The molecule has 2 heterocycles. The van der Waals surface area contributed by atoms with E-state index in [2.05, 4.69) is 15.3 Å². The van der Waals surface area contributed by atoms with Gasteiger partial charge >= 0.3 is 0 Å². The number of nitrogens with zero attached hydrogens (tertiary/aromatic N) is 2. The molecule has 0 bridgehead atoms. The lowest BCUT2D eigenvalue weighted by Crippen LogP contribution is -2.10. The van der Waals surface area contributed by atoms with Crippen molar-refractivity contribution in [2.45, 2.75) is 12.3 Å². The van der Waals surface area contributed by atoms with Crippen molar-refractivity contribution in [3.63, 3.8) is 0 Å². The van der Waals surface area contributed by atoms with Crippen LogP contribution in [0.25, 0.3) is 0 Å². The van der Waals surface area contributed by atoms with Crippen LogP contribution < -0.4 is 5.32 Å². The molecule has 0 radical (unpaired) electrons. The van der Waals surface area contributed by atoms with E-state index in [4.69, 9.17) is 0 Å². The molecule has 1 N–H and O–H groups in total. The van der Waals surface area contributed by atoms with Gasteiger partial charge < -0.3 is 5.32 Å². The first-order valence-electron chi connectivity index (χ1n) is 4.44. The summed E-state index contributed by atoms with van der Waals surface area (Å²) in [5, 5.41) is 3.40. The highest BCUT2D eigenvalue weighted by Gasteiger charge is 2.36. The quantitative estimate of drug-likeness (QED) is 0.732. The Kier molecular flexibility index (Phi) is 3.70. The Labute approximate surface area is 95.5 Å². The van der Waals surface area contributed by atoms with E-state index in [0.717, 1.165) is 19.0 Å². The number of halogens is 2. The summed E-state index contributed by atoms with van der Waals surface area (Å²) < 4.78 is 0. The van der Waals surface area contributed by atoms with Crippen LogP contribution in [0.4, 0.5) is 0 Å². The van der Waals surface area contributed by atoms with Gasteiger partial charge in [-0.05, 0) is 24.4 Å². The van der Waals surface area contributed by atoms with Crippen LogP contribution in [0.2, 0.25) is 0 Å². The number of hydrogen-bond donors (Lipinski definition) is 1. The van der Waals surface area contributed by atoms with Crippen LogP contribution in [-0.2, 0) is 6.42 Å². The zero-order valence-electron chi connectivity index (χ0n) is 7.64. The fraction of sp³-hybridized carbons (Fsp3) is 0.556. The molecule has 0 aromatic carbocycles. The van der Waals surface area contributed by atoms with Gasteiger partial charge in [0.15, 0.2) is 0 Å². The summed E-state index contributed by atoms with van der Waals surface area (Å²) in [6.45, 7) is 2.26. The lowest BCUT2D eigenvalue weighted by atomic mass is 9.99. The third-order valence-electron chi connectivity index (χ3n) is 3.00. The van der Waals surface area contributed by atoms with Crippen molar-refractivity contribution in [3.05, 3.63) is 23.8 Å². The van der Waals surface area contributed by atoms with E-state index >= 15 is 0 Å². The Morgan fingerprint density at radius 3 is 3.00 bits per heavy atom. The van der Waals surface area contributed by atoms with Gasteiger partial charge in [-0.1, -0.05) is 0 Å². The van der Waals surface area contributed by atoms with Crippen LogP contribution >= 0.6 is 24.8 Å². The maximum atomic E-state index is 4.35. The number of nitrogens with one attached hydrogen (secondary N) is 1. The summed E-state index contributed by atoms with van der Waals surface area (Å²) in [6, 6.07) is 0. The number of aromatic nitrogens is 2. The third kappa shape index (κ3) is 1.60. The monoisotopic (exact) mass is 233 g/mol. The summed E-state index contributed by atoms with van der Waals surface area (Å²) in [5.41, 5.74) is 2.66. The van der Waals surface area contributed by atoms with Gasteiger partial charge in [-0.25, -0.2) is 9.97 Å². The van der Waals surface area contributed by atoms with Crippen molar-refractivity contribution in [3.8, 4) is 0 Å². The second-order valence-electron chi connectivity index (χ2n) is 3.66. The minimum atomic E-state index is 0. The smallest absolute Gasteiger partial charge is 0.115 e. The second kappa shape index (κ2) is 4.43. The third-order valence-corrected chi connectivity index (χ3v) is 3.00. The molecular weight excluding hydrogens is 221 g/mol. The molecule has 78 valence electrons. The van der Waals surface area contributed by atoms with E-state index < -0.39 is 0 Å². The molecule has 3 nitrogen and oxygen atoms in total. The molecule has 1 aliphatic carbocycles. The fourth-order valence-electron chi connectivity index (χ4n) is 2.41. The predicted octanol–water partition coefficient (Wildman–Crippen LogP) is 1.18. The fourth-order valence-corrected chi connectivity index (χ4v) is 2.41. The molecule has 14 heavy (non-hydrogen) atoms. The minimum Gasteiger partial charge on any atom is -0.316 e. The molecule has 1 aromatic rings. The first-order chi connectivity index (χ1) is 5.95. The largest absolute Gasteiger partial charge is 0.316 e. The standard InChI is InChI=1S/C9H11N3.2ClH/c1-6-2-10-4-8(6)9-7(1)3-11-5-12-9;;/h3,5-6,8,10H,1-2,4H2;2*1H/t6-,8+;;/m1../s1. The lowest BCUT2D eigenvalue weighted by molar-refractivity contribution is 0.559. The Bertz CT molecular complexity index is 319. The minimum absolute atomic E-state index is 0. The van der Waals surface area contributed by atoms with Crippen LogP contribution in [0, 0.1) is 5.92 Å². The maximum absolute atomic E-state index is 4.35. The zero-order valence-corrected chi connectivity index (χ0v) is 9.27. The van der Waals surface area contributed by atoms with Gasteiger partial charge in [0.2, 0.25) is 0 Å². The van der Waals surface area contributed by atoms with Crippen molar-refractivity contribution in [2.24, 2.45) is 5.92 Å². The number of rotatable bonds is 0. The molecule has 1 aliphatic heterocycles. The first kappa shape index (κ1) is 11.7. The zero-order chi connectivity index (χ0) is 7.97. The van der Waals surface area contributed by atoms with Crippen molar-refractivity contribution < 1.29 is 0 Å². The molecule has 0 spiro atoms. The molecule has 1 aromatic heterocycles. The van der Waals surface area contributed by atoms with Crippen molar-refractivity contribution >= 4 is 24.8 Å². The highest BCUT2D eigenvalue weighted by molar-refractivity contribution is 5.85. The van der Waals surface area contributed by atoms with Crippen molar-refractivity contribution in [1.29, 1.82) is 0 Å². The van der Waals surface area contributed by atoms with Crippen molar-refractivity contribution in [2.75, 3.05) is 13.1 Å². The van der Waals surface area contributed by atoms with E-state index in [9.17, 15) is 0 Å². The lowest BCUT2D eigenvalue weighted by Gasteiger charge is -2.05. The molecule has 0 amide bonds. The van der Waals surface area contributed by atoms with Crippen LogP contribution in [0.1, 0.15) is 17.2 Å². The van der Waals surface area contributed by atoms with Gasteiger partial charge in [0, 0.05) is 18.7 Å². The molecule has 3 rings (SSSR count). The van der Waals surface area contributed by atoms with Crippen LogP contribution in [0.5, 0.6) is 0 Å².